The molecule has 5 nitrogen and oxygen atoms in total. The van der Waals surface area contributed by atoms with Crippen molar-refractivity contribution in [1.82, 2.24) is 9.78 Å². The van der Waals surface area contributed by atoms with Crippen molar-refractivity contribution in [2.75, 3.05) is 10.6 Å². The number of aromatic nitrogens is 2. The Labute approximate surface area is 163 Å². The van der Waals surface area contributed by atoms with Crippen molar-refractivity contribution in [2.24, 2.45) is 7.05 Å². The lowest BCUT2D eigenvalue weighted by molar-refractivity contribution is 0.262. The number of nitrogens with one attached hydrogen (secondary N) is 2. The first-order valence-electron chi connectivity index (χ1n) is 7.66. The van der Waals surface area contributed by atoms with Gasteiger partial charge in [0.15, 0.2) is 0 Å². The van der Waals surface area contributed by atoms with Crippen molar-refractivity contribution in [3.05, 3.63) is 63.5 Å². The summed E-state index contributed by atoms with van der Waals surface area (Å²) in [6.07, 6.45) is 1.72. The molecule has 0 bridgehead atoms. The zero-order chi connectivity index (χ0) is 18.8. The molecule has 3 aromatic rings. The molecule has 0 fully saturated rings. The van der Waals surface area contributed by atoms with Crippen LogP contribution in [0, 0.1) is 12.7 Å². The van der Waals surface area contributed by atoms with E-state index in [2.05, 4.69) is 31.7 Å². The van der Waals surface area contributed by atoms with Crippen LogP contribution in [-0.2, 0) is 7.05 Å². The van der Waals surface area contributed by atoms with E-state index in [1.807, 2.05) is 26.1 Å². The number of nitrogens with zero attached hydrogens (tertiary/aromatic N) is 2. The predicted octanol–water partition coefficient (Wildman–Crippen LogP) is 5.59. The van der Waals surface area contributed by atoms with Gasteiger partial charge in [0.2, 0.25) is 0 Å². The fraction of sp³-hybridized carbons (Fsp3) is 0.111. The van der Waals surface area contributed by atoms with E-state index in [1.165, 1.54) is 12.1 Å². The van der Waals surface area contributed by atoms with Crippen molar-refractivity contribution in [3.8, 4) is 11.3 Å². The van der Waals surface area contributed by atoms with E-state index in [1.54, 1.807) is 16.9 Å². The van der Waals surface area contributed by atoms with Crippen LogP contribution < -0.4 is 10.6 Å². The number of benzene rings is 2. The van der Waals surface area contributed by atoms with Crippen LogP contribution in [0.1, 0.15) is 5.56 Å². The number of amides is 2. The SMILES string of the molecule is Cc1ccc(NC(=O)Nc2ccc(F)cc2Cl)cc1-c1c(Br)cnn1C. The number of aryl methyl sites for hydroxylation is 2. The topological polar surface area (TPSA) is 59.0 Å². The monoisotopic (exact) mass is 436 g/mol. The highest BCUT2D eigenvalue weighted by atomic mass is 79.9. The van der Waals surface area contributed by atoms with Crippen LogP contribution in [0.25, 0.3) is 11.3 Å². The van der Waals surface area contributed by atoms with Crippen LogP contribution in [0.4, 0.5) is 20.6 Å². The van der Waals surface area contributed by atoms with Gasteiger partial charge in [0.1, 0.15) is 5.82 Å². The molecule has 0 aliphatic rings. The minimum absolute atomic E-state index is 0.128. The van der Waals surface area contributed by atoms with Crippen LogP contribution in [0.15, 0.2) is 47.1 Å². The second-order valence-electron chi connectivity index (χ2n) is 5.70. The Morgan fingerprint density at radius 3 is 2.65 bits per heavy atom. The molecule has 0 saturated heterocycles. The van der Waals surface area contributed by atoms with E-state index >= 15 is 0 Å². The van der Waals surface area contributed by atoms with E-state index in [9.17, 15) is 9.18 Å². The molecular formula is C18H15BrClFN4O. The Bertz CT molecular complexity index is 970. The van der Waals surface area contributed by atoms with Crippen LogP contribution in [0.3, 0.4) is 0 Å². The molecular weight excluding hydrogens is 423 g/mol. The molecule has 2 aromatic carbocycles. The second-order valence-corrected chi connectivity index (χ2v) is 6.96. The maximum absolute atomic E-state index is 13.1. The Morgan fingerprint density at radius 2 is 2.00 bits per heavy atom. The fourth-order valence-electron chi connectivity index (χ4n) is 2.54. The molecule has 26 heavy (non-hydrogen) atoms. The van der Waals surface area contributed by atoms with Crippen LogP contribution in [0.5, 0.6) is 0 Å². The van der Waals surface area contributed by atoms with Gasteiger partial charge in [0.05, 0.1) is 27.1 Å². The first-order chi connectivity index (χ1) is 12.3. The van der Waals surface area contributed by atoms with E-state index < -0.39 is 11.8 Å². The Kier molecular flexibility index (Phi) is 5.29. The number of rotatable bonds is 3. The summed E-state index contributed by atoms with van der Waals surface area (Å²) in [5, 5.41) is 9.71. The van der Waals surface area contributed by atoms with Crippen molar-refractivity contribution in [2.45, 2.75) is 6.92 Å². The van der Waals surface area contributed by atoms with Crippen molar-refractivity contribution in [1.29, 1.82) is 0 Å². The average molecular weight is 438 g/mol. The summed E-state index contributed by atoms with van der Waals surface area (Å²) in [6.45, 7) is 1.98. The number of hydrogen-bond donors (Lipinski definition) is 2. The molecule has 0 saturated carbocycles. The van der Waals surface area contributed by atoms with Crippen molar-refractivity contribution < 1.29 is 9.18 Å². The second kappa shape index (κ2) is 7.47. The number of halogens is 3. The number of anilines is 2. The molecule has 2 N–H and O–H groups in total. The summed E-state index contributed by atoms with van der Waals surface area (Å²) in [5.74, 6) is -0.467. The van der Waals surface area contributed by atoms with E-state index in [0.29, 0.717) is 11.4 Å². The lowest BCUT2D eigenvalue weighted by Gasteiger charge is -2.12. The summed E-state index contributed by atoms with van der Waals surface area (Å²) in [6, 6.07) is 8.88. The van der Waals surface area contributed by atoms with Crippen LogP contribution >= 0.6 is 27.5 Å². The zero-order valence-corrected chi connectivity index (χ0v) is 16.3. The Hall–Kier alpha value is -2.38. The van der Waals surface area contributed by atoms with Gasteiger partial charge >= 0.3 is 6.03 Å². The summed E-state index contributed by atoms with van der Waals surface area (Å²) in [4.78, 5) is 12.2. The zero-order valence-electron chi connectivity index (χ0n) is 14.0. The first kappa shape index (κ1) is 18.4. The number of carbonyl (C=O) groups is 1. The molecule has 0 atom stereocenters. The molecule has 3 rings (SSSR count). The molecule has 8 heteroatoms. The van der Waals surface area contributed by atoms with Crippen molar-refractivity contribution >= 4 is 44.9 Å². The third kappa shape index (κ3) is 3.89. The van der Waals surface area contributed by atoms with Gasteiger partial charge in [0, 0.05) is 18.3 Å². The predicted molar refractivity (Wildman–Crippen MR) is 105 cm³/mol. The third-order valence-corrected chi connectivity index (χ3v) is 4.72. The quantitative estimate of drug-likeness (QED) is 0.561. The van der Waals surface area contributed by atoms with E-state index in [4.69, 9.17) is 11.6 Å². The van der Waals surface area contributed by atoms with Gasteiger partial charge in [-0.1, -0.05) is 17.7 Å². The minimum Gasteiger partial charge on any atom is -0.308 e. The normalized spacial score (nSPS) is 10.7. The molecule has 2 amide bonds. The van der Waals surface area contributed by atoms with Gasteiger partial charge in [-0.2, -0.15) is 5.10 Å². The maximum atomic E-state index is 13.1. The highest BCUT2D eigenvalue weighted by Gasteiger charge is 2.13. The molecule has 0 unspecified atom stereocenters. The van der Waals surface area contributed by atoms with Gasteiger partial charge in [0.25, 0.3) is 0 Å². The largest absolute Gasteiger partial charge is 0.323 e. The van der Waals surface area contributed by atoms with E-state index in [-0.39, 0.29) is 5.02 Å². The summed E-state index contributed by atoms with van der Waals surface area (Å²) in [5.41, 5.74) is 3.83. The van der Waals surface area contributed by atoms with Gasteiger partial charge < -0.3 is 10.6 Å². The lowest BCUT2D eigenvalue weighted by atomic mass is 10.0. The minimum atomic E-state index is -0.475. The molecule has 134 valence electrons. The van der Waals surface area contributed by atoms with Gasteiger partial charge in [-0.15, -0.1) is 0 Å². The van der Waals surface area contributed by atoms with Gasteiger partial charge in [-0.05, 0) is 58.7 Å². The fourth-order valence-corrected chi connectivity index (χ4v) is 3.32. The summed E-state index contributed by atoms with van der Waals surface area (Å²) < 4.78 is 15.7. The molecule has 0 spiro atoms. The van der Waals surface area contributed by atoms with Crippen LogP contribution in [0.2, 0.25) is 5.02 Å². The number of urea groups is 1. The number of hydrogen-bond acceptors (Lipinski definition) is 2. The third-order valence-electron chi connectivity index (χ3n) is 3.82. The first-order valence-corrected chi connectivity index (χ1v) is 8.84. The van der Waals surface area contributed by atoms with Crippen LogP contribution in [-0.4, -0.2) is 15.8 Å². The molecule has 0 aliphatic carbocycles. The van der Waals surface area contributed by atoms with Gasteiger partial charge in [-0.3, -0.25) is 4.68 Å². The number of carbonyl (C=O) groups excluding carboxylic acids is 1. The summed E-state index contributed by atoms with van der Waals surface area (Å²) in [7, 11) is 1.85. The summed E-state index contributed by atoms with van der Waals surface area (Å²) >= 11 is 9.42. The lowest BCUT2D eigenvalue weighted by Crippen LogP contribution is -2.19. The van der Waals surface area contributed by atoms with Crippen molar-refractivity contribution in [3.63, 3.8) is 0 Å². The average Bonchev–Trinajstić information content (AvgIpc) is 2.91. The highest BCUT2D eigenvalue weighted by molar-refractivity contribution is 9.10. The smallest absolute Gasteiger partial charge is 0.308 e. The van der Waals surface area contributed by atoms with E-state index in [0.717, 1.165) is 27.4 Å². The molecule has 0 radical (unpaired) electrons. The highest BCUT2D eigenvalue weighted by Crippen LogP contribution is 2.32. The maximum Gasteiger partial charge on any atom is 0.323 e. The van der Waals surface area contributed by atoms with Gasteiger partial charge in [-0.25, -0.2) is 9.18 Å². The molecule has 1 heterocycles. The molecule has 0 aliphatic heterocycles. The molecule has 1 aromatic heterocycles. The Morgan fingerprint density at radius 1 is 1.23 bits per heavy atom. The Balaban J connectivity index is 1.82. The standard InChI is InChI=1S/C18H15BrClFN4O/c1-10-3-5-12(8-13(10)17-14(19)9-22-25(17)2)23-18(26)24-16-6-4-11(21)7-15(16)20/h3-9H,1-2H3,(H2,23,24,26).